The third-order valence-electron chi connectivity index (χ3n) is 3.42. The van der Waals surface area contributed by atoms with Gasteiger partial charge in [0.05, 0.1) is 13.7 Å². The summed E-state index contributed by atoms with van der Waals surface area (Å²) < 4.78 is 10.3. The molecule has 0 bridgehead atoms. The van der Waals surface area contributed by atoms with Crippen molar-refractivity contribution in [1.82, 2.24) is 9.88 Å². The summed E-state index contributed by atoms with van der Waals surface area (Å²) in [6, 6.07) is 4.01. The molecule has 2 heterocycles. The largest absolute Gasteiger partial charge is 0.481 e. The molecule has 1 aliphatic heterocycles. The maximum Gasteiger partial charge on any atom is 0.212 e. The lowest BCUT2D eigenvalue weighted by Crippen LogP contribution is -2.36. The summed E-state index contributed by atoms with van der Waals surface area (Å²) in [5, 5.41) is 0. The van der Waals surface area contributed by atoms with E-state index in [-0.39, 0.29) is 0 Å². The van der Waals surface area contributed by atoms with Crippen LogP contribution in [0.5, 0.6) is 5.88 Å². The van der Waals surface area contributed by atoms with Gasteiger partial charge in [0.2, 0.25) is 5.88 Å². The Bertz CT molecular complexity index is 351. The highest BCUT2D eigenvalue weighted by atomic mass is 16.5. The maximum atomic E-state index is 5.25. The average Bonchev–Trinajstić information content (AvgIpc) is 2.40. The van der Waals surface area contributed by atoms with Gasteiger partial charge in [-0.15, -0.1) is 0 Å². The fraction of sp³-hybridized carbons (Fsp3) is 0.643. The molecule has 1 aliphatic rings. The molecule has 4 heteroatoms. The Morgan fingerprint density at radius 2 is 2.28 bits per heavy atom. The standard InChI is InChI=1S/C14H22N2O2/c1-17-11-13-4-3-7-16(10-13)9-12-5-6-14(18-2)15-8-12/h5-6,8,13H,3-4,7,9-11H2,1-2H3. The van der Waals surface area contributed by atoms with Gasteiger partial charge in [0.25, 0.3) is 0 Å². The van der Waals surface area contributed by atoms with E-state index in [0.29, 0.717) is 11.8 Å². The highest BCUT2D eigenvalue weighted by Gasteiger charge is 2.19. The predicted molar refractivity (Wildman–Crippen MR) is 70.7 cm³/mol. The number of piperidine rings is 1. The number of nitrogens with zero attached hydrogens (tertiary/aromatic N) is 2. The van der Waals surface area contributed by atoms with E-state index in [1.807, 2.05) is 12.3 Å². The van der Waals surface area contributed by atoms with Gasteiger partial charge in [0, 0.05) is 32.5 Å². The first kappa shape index (κ1) is 13.3. The minimum atomic E-state index is 0.676. The van der Waals surface area contributed by atoms with Gasteiger partial charge in [-0.3, -0.25) is 4.90 Å². The Morgan fingerprint density at radius 3 is 2.94 bits per heavy atom. The first-order valence-corrected chi connectivity index (χ1v) is 6.52. The fourth-order valence-corrected chi connectivity index (χ4v) is 2.55. The number of ether oxygens (including phenoxy) is 2. The number of methoxy groups -OCH3 is 2. The van der Waals surface area contributed by atoms with Crippen LogP contribution >= 0.6 is 0 Å². The van der Waals surface area contributed by atoms with Gasteiger partial charge in [0.1, 0.15) is 0 Å². The molecule has 1 atom stereocenters. The lowest BCUT2D eigenvalue weighted by atomic mass is 9.98. The molecule has 0 spiro atoms. The van der Waals surface area contributed by atoms with Crippen LogP contribution in [0.4, 0.5) is 0 Å². The van der Waals surface area contributed by atoms with Crippen LogP contribution in [0.15, 0.2) is 18.3 Å². The first-order valence-electron chi connectivity index (χ1n) is 6.52. The van der Waals surface area contributed by atoms with Crippen LogP contribution in [0, 0.1) is 5.92 Å². The summed E-state index contributed by atoms with van der Waals surface area (Å²) in [5.74, 6) is 1.35. The Labute approximate surface area is 109 Å². The number of aromatic nitrogens is 1. The van der Waals surface area contributed by atoms with Crippen LogP contribution < -0.4 is 4.74 Å². The first-order chi connectivity index (χ1) is 8.81. The Kier molecular flexibility index (Phi) is 4.96. The van der Waals surface area contributed by atoms with Crippen molar-refractivity contribution in [2.45, 2.75) is 19.4 Å². The Balaban J connectivity index is 1.87. The molecule has 1 fully saturated rings. The van der Waals surface area contributed by atoms with Crippen molar-refractivity contribution in [3.8, 4) is 5.88 Å². The highest BCUT2D eigenvalue weighted by molar-refractivity contribution is 5.17. The lowest BCUT2D eigenvalue weighted by Gasteiger charge is -2.32. The summed E-state index contributed by atoms with van der Waals surface area (Å²) in [6.45, 7) is 4.14. The lowest BCUT2D eigenvalue weighted by molar-refractivity contribution is 0.0873. The average molecular weight is 250 g/mol. The zero-order chi connectivity index (χ0) is 12.8. The van der Waals surface area contributed by atoms with Crippen molar-refractivity contribution in [3.63, 3.8) is 0 Å². The molecule has 1 unspecified atom stereocenters. The van der Waals surface area contributed by atoms with Crippen LogP contribution in [-0.2, 0) is 11.3 Å². The smallest absolute Gasteiger partial charge is 0.212 e. The number of likely N-dealkylation sites (tertiary alicyclic amines) is 1. The summed E-state index contributed by atoms with van der Waals surface area (Å²) in [4.78, 5) is 6.73. The second kappa shape index (κ2) is 6.71. The van der Waals surface area contributed by atoms with Crippen molar-refractivity contribution in [2.24, 2.45) is 5.92 Å². The third kappa shape index (κ3) is 3.68. The van der Waals surface area contributed by atoms with Gasteiger partial charge in [-0.05, 0) is 30.9 Å². The SMILES string of the molecule is COCC1CCCN(Cc2ccc(OC)nc2)C1. The molecule has 1 aromatic rings. The third-order valence-corrected chi connectivity index (χ3v) is 3.42. The molecule has 0 radical (unpaired) electrons. The van der Waals surface area contributed by atoms with Crippen LogP contribution in [-0.4, -0.2) is 43.8 Å². The molecule has 0 aromatic carbocycles. The van der Waals surface area contributed by atoms with Crippen molar-refractivity contribution >= 4 is 0 Å². The van der Waals surface area contributed by atoms with Crippen LogP contribution in [0.2, 0.25) is 0 Å². The topological polar surface area (TPSA) is 34.6 Å². The summed E-state index contributed by atoms with van der Waals surface area (Å²) in [6.07, 6.45) is 4.45. The van der Waals surface area contributed by atoms with Gasteiger partial charge in [0.15, 0.2) is 0 Å². The molecule has 4 nitrogen and oxygen atoms in total. The van der Waals surface area contributed by atoms with E-state index in [9.17, 15) is 0 Å². The van der Waals surface area contributed by atoms with Crippen molar-refractivity contribution in [2.75, 3.05) is 33.9 Å². The molecule has 0 aliphatic carbocycles. The fourth-order valence-electron chi connectivity index (χ4n) is 2.55. The van der Waals surface area contributed by atoms with Crippen molar-refractivity contribution in [3.05, 3.63) is 23.9 Å². The Morgan fingerprint density at radius 1 is 1.39 bits per heavy atom. The maximum absolute atomic E-state index is 5.25. The van der Waals surface area contributed by atoms with Crippen molar-refractivity contribution < 1.29 is 9.47 Å². The molecule has 0 amide bonds. The molecular weight excluding hydrogens is 228 g/mol. The van der Waals surface area contributed by atoms with Gasteiger partial charge in [-0.2, -0.15) is 0 Å². The van der Waals surface area contributed by atoms with Gasteiger partial charge in [-0.25, -0.2) is 4.98 Å². The van der Waals surface area contributed by atoms with Crippen LogP contribution in [0.1, 0.15) is 18.4 Å². The minimum absolute atomic E-state index is 0.676. The molecular formula is C14H22N2O2. The zero-order valence-corrected chi connectivity index (χ0v) is 11.3. The number of hydrogen-bond donors (Lipinski definition) is 0. The number of hydrogen-bond acceptors (Lipinski definition) is 4. The van der Waals surface area contributed by atoms with Crippen LogP contribution in [0.3, 0.4) is 0 Å². The van der Waals surface area contributed by atoms with E-state index in [2.05, 4.69) is 16.0 Å². The number of rotatable bonds is 5. The van der Waals surface area contributed by atoms with E-state index in [0.717, 1.165) is 19.7 Å². The zero-order valence-electron chi connectivity index (χ0n) is 11.3. The van der Waals surface area contributed by atoms with Gasteiger partial charge < -0.3 is 9.47 Å². The monoisotopic (exact) mass is 250 g/mol. The Hall–Kier alpha value is -1.13. The van der Waals surface area contributed by atoms with E-state index >= 15 is 0 Å². The molecule has 18 heavy (non-hydrogen) atoms. The molecule has 1 aromatic heterocycles. The second-order valence-electron chi connectivity index (χ2n) is 4.91. The van der Waals surface area contributed by atoms with E-state index in [1.165, 1.54) is 24.9 Å². The highest BCUT2D eigenvalue weighted by Crippen LogP contribution is 2.19. The molecule has 0 saturated carbocycles. The molecule has 1 saturated heterocycles. The van der Waals surface area contributed by atoms with E-state index in [1.54, 1.807) is 14.2 Å². The quantitative estimate of drug-likeness (QED) is 0.800. The number of pyridine rings is 1. The van der Waals surface area contributed by atoms with Crippen molar-refractivity contribution in [1.29, 1.82) is 0 Å². The molecule has 0 N–H and O–H groups in total. The van der Waals surface area contributed by atoms with Crippen LogP contribution in [0.25, 0.3) is 0 Å². The minimum Gasteiger partial charge on any atom is -0.481 e. The molecule has 2 rings (SSSR count). The summed E-state index contributed by atoms with van der Waals surface area (Å²) in [5.41, 5.74) is 1.24. The normalized spacial score (nSPS) is 20.9. The summed E-state index contributed by atoms with van der Waals surface area (Å²) in [7, 11) is 3.42. The van der Waals surface area contributed by atoms with Gasteiger partial charge >= 0.3 is 0 Å². The van der Waals surface area contributed by atoms with Gasteiger partial charge in [-0.1, -0.05) is 6.07 Å². The summed E-state index contributed by atoms with van der Waals surface area (Å²) >= 11 is 0. The predicted octanol–water partition coefficient (Wildman–Crippen LogP) is 1.95. The van der Waals surface area contributed by atoms with E-state index in [4.69, 9.17) is 9.47 Å². The second-order valence-corrected chi connectivity index (χ2v) is 4.91. The van der Waals surface area contributed by atoms with E-state index < -0.39 is 0 Å². The molecule has 100 valence electrons.